The predicted octanol–water partition coefficient (Wildman–Crippen LogP) is 2.26. The van der Waals surface area contributed by atoms with Gasteiger partial charge in [0.15, 0.2) is 0 Å². The molecule has 1 amide bonds. The fraction of sp³-hybridized carbons (Fsp3) is 0.188. The minimum absolute atomic E-state index is 0.421. The average molecular weight is 329 g/mol. The molecule has 0 aliphatic carbocycles. The number of carbonyl (C=O) groups excluding carboxylic acids is 1. The van der Waals surface area contributed by atoms with Crippen molar-refractivity contribution in [2.45, 2.75) is 19.9 Å². The summed E-state index contributed by atoms with van der Waals surface area (Å²) in [5.41, 5.74) is -0.426. The normalized spacial score (nSPS) is 12.3. The third-order valence-electron chi connectivity index (χ3n) is 3.55. The number of para-hydroxylation sites is 1. The zero-order chi connectivity index (χ0) is 16.6. The minimum Gasteiger partial charge on any atom is -0.324 e. The molecule has 0 saturated carbocycles. The van der Waals surface area contributed by atoms with Gasteiger partial charge in [-0.05, 0) is 32.0 Å². The smallest absolute Gasteiger partial charge is 0.324 e. The van der Waals surface area contributed by atoms with Crippen molar-refractivity contribution < 1.29 is 4.79 Å². The molecule has 3 aromatic rings. The van der Waals surface area contributed by atoms with Crippen LogP contribution in [0.15, 0.2) is 46.0 Å². The van der Waals surface area contributed by atoms with E-state index in [9.17, 15) is 14.4 Å². The van der Waals surface area contributed by atoms with Crippen LogP contribution in [0.3, 0.4) is 0 Å². The van der Waals surface area contributed by atoms with Crippen molar-refractivity contribution in [3.05, 3.63) is 62.1 Å². The number of benzene rings is 1. The summed E-state index contributed by atoms with van der Waals surface area (Å²) in [6.45, 7) is 3.39. The third kappa shape index (κ3) is 2.83. The minimum atomic E-state index is -0.920. The van der Waals surface area contributed by atoms with Crippen LogP contribution < -0.4 is 16.6 Å². The fourth-order valence-corrected chi connectivity index (χ4v) is 3.28. The third-order valence-corrected chi connectivity index (χ3v) is 4.52. The zero-order valence-corrected chi connectivity index (χ0v) is 13.4. The highest BCUT2D eigenvalue weighted by Gasteiger charge is 2.21. The van der Waals surface area contributed by atoms with Crippen molar-refractivity contribution in [1.29, 1.82) is 0 Å². The highest BCUT2D eigenvalue weighted by Crippen LogP contribution is 2.19. The maximum atomic E-state index is 12.5. The molecular formula is C16H15N3O3S. The van der Waals surface area contributed by atoms with Gasteiger partial charge in [0, 0.05) is 10.6 Å². The first-order chi connectivity index (χ1) is 11.0. The molecule has 6 nitrogen and oxygen atoms in total. The van der Waals surface area contributed by atoms with Gasteiger partial charge in [0.25, 0.3) is 5.56 Å². The van der Waals surface area contributed by atoms with E-state index in [4.69, 9.17) is 0 Å². The van der Waals surface area contributed by atoms with Gasteiger partial charge in [-0.25, -0.2) is 9.36 Å². The topological polar surface area (TPSA) is 84.0 Å². The number of hydrogen-bond acceptors (Lipinski definition) is 4. The lowest BCUT2D eigenvalue weighted by molar-refractivity contribution is -0.118. The number of thiophene rings is 1. The number of hydrogen-bond donors (Lipinski definition) is 2. The number of aromatic nitrogens is 2. The summed E-state index contributed by atoms with van der Waals surface area (Å²) >= 11 is 1.34. The lowest BCUT2D eigenvalue weighted by Gasteiger charge is -2.14. The van der Waals surface area contributed by atoms with Gasteiger partial charge in [0.05, 0.1) is 5.39 Å². The van der Waals surface area contributed by atoms with Crippen LogP contribution in [0.1, 0.15) is 17.8 Å². The highest BCUT2D eigenvalue weighted by molar-refractivity contribution is 7.18. The SMILES string of the molecule is Cc1cc2c(=O)n(C(C)C(=O)Nc3ccccc3)c(=O)[nH]c2s1. The van der Waals surface area contributed by atoms with Crippen LogP contribution >= 0.6 is 11.3 Å². The molecule has 1 aromatic carbocycles. The summed E-state index contributed by atoms with van der Waals surface area (Å²) in [5, 5.41) is 3.12. The largest absolute Gasteiger partial charge is 0.330 e. The number of fused-ring (bicyclic) bond motifs is 1. The quantitative estimate of drug-likeness (QED) is 0.773. The van der Waals surface area contributed by atoms with E-state index in [0.717, 1.165) is 9.44 Å². The molecule has 2 N–H and O–H groups in total. The van der Waals surface area contributed by atoms with E-state index in [1.54, 1.807) is 30.3 Å². The van der Waals surface area contributed by atoms with Gasteiger partial charge in [-0.2, -0.15) is 0 Å². The van der Waals surface area contributed by atoms with Crippen LogP contribution in [-0.4, -0.2) is 15.5 Å². The second-order valence-corrected chi connectivity index (χ2v) is 6.49. The van der Waals surface area contributed by atoms with E-state index >= 15 is 0 Å². The number of nitrogens with one attached hydrogen (secondary N) is 2. The number of aryl methyl sites for hydroxylation is 1. The molecule has 0 fully saturated rings. The molecule has 3 rings (SSSR count). The van der Waals surface area contributed by atoms with Crippen LogP contribution in [0.5, 0.6) is 0 Å². The molecule has 0 aliphatic rings. The Balaban J connectivity index is 2.00. The summed E-state index contributed by atoms with van der Waals surface area (Å²) in [7, 11) is 0. The van der Waals surface area contributed by atoms with Crippen molar-refractivity contribution in [2.24, 2.45) is 0 Å². The summed E-state index contributed by atoms with van der Waals surface area (Å²) in [5.74, 6) is -0.421. The number of anilines is 1. The van der Waals surface area contributed by atoms with Crippen LogP contribution in [-0.2, 0) is 4.79 Å². The van der Waals surface area contributed by atoms with Crippen LogP contribution in [0.4, 0.5) is 5.69 Å². The molecule has 118 valence electrons. The van der Waals surface area contributed by atoms with Gasteiger partial charge >= 0.3 is 5.69 Å². The number of rotatable bonds is 3. The number of nitrogens with zero attached hydrogens (tertiary/aromatic N) is 1. The molecule has 2 heterocycles. The van der Waals surface area contributed by atoms with Crippen molar-refractivity contribution in [2.75, 3.05) is 5.32 Å². The fourth-order valence-electron chi connectivity index (χ4n) is 2.38. The first-order valence-electron chi connectivity index (χ1n) is 7.08. The maximum absolute atomic E-state index is 12.5. The molecule has 0 saturated heterocycles. The number of amides is 1. The summed E-state index contributed by atoms with van der Waals surface area (Å²) in [6, 6.07) is 9.69. The van der Waals surface area contributed by atoms with Gasteiger partial charge in [0.1, 0.15) is 10.9 Å². The highest BCUT2D eigenvalue weighted by atomic mass is 32.1. The molecule has 2 aromatic heterocycles. The Hall–Kier alpha value is -2.67. The Morgan fingerprint density at radius 3 is 2.65 bits per heavy atom. The summed E-state index contributed by atoms with van der Waals surface area (Å²) < 4.78 is 0.951. The Labute approximate surface area is 135 Å². The Kier molecular flexibility index (Phi) is 3.87. The predicted molar refractivity (Wildman–Crippen MR) is 91.2 cm³/mol. The van der Waals surface area contributed by atoms with Crippen LogP contribution in [0.25, 0.3) is 10.2 Å². The van der Waals surface area contributed by atoms with E-state index in [1.165, 1.54) is 18.3 Å². The number of H-pyrrole nitrogens is 1. The van der Waals surface area contributed by atoms with E-state index in [2.05, 4.69) is 10.3 Å². The van der Waals surface area contributed by atoms with Crippen LogP contribution in [0.2, 0.25) is 0 Å². The van der Waals surface area contributed by atoms with Crippen LogP contribution in [0, 0.1) is 6.92 Å². The van der Waals surface area contributed by atoms with E-state index in [0.29, 0.717) is 15.9 Å². The van der Waals surface area contributed by atoms with E-state index in [1.807, 2.05) is 13.0 Å². The van der Waals surface area contributed by atoms with Crippen molar-refractivity contribution in [3.8, 4) is 0 Å². The molecule has 0 bridgehead atoms. The molecule has 0 aliphatic heterocycles. The van der Waals surface area contributed by atoms with Crippen molar-refractivity contribution in [3.63, 3.8) is 0 Å². The summed E-state index contributed by atoms with van der Waals surface area (Å²) in [4.78, 5) is 41.2. The molecule has 0 spiro atoms. The Bertz CT molecular complexity index is 985. The average Bonchev–Trinajstić information content (AvgIpc) is 2.88. The van der Waals surface area contributed by atoms with Gasteiger partial charge in [-0.3, -0.25) is 14.6 Å². The summed E-state index contributed by atoms with van der Waals surface area (Å²) in [6.07, 6.45) is 0. The number of aromatic amines is 1. The lowest BCUT2D eigenvalue weighted by atomic mass is 10.2. The molecule has 0 radical (unpaired) electrons. The Morgan fingerprint density at radius 2 is 1.96 bits per heavy atom. The monoisotopic (exact) mass is 329 g/mol. The maximum Gasteiger partial charge on any atom is 0.330 e. The van der Waals surface area contributed by atoms with Crippen molar-refractivity contribution in [1.82, 2.24) is 9.55 Å². The number of carbonyl (C=O) groups is 1. The van der Waals surface area contributed by atoms with Gasteiger partial charge < -0.3 is 5.32 Å². The molecule has 23 heavy (non-hydrogen) atoms. The van der Waals surface area contributed by atoms with Gasteiger partial charge in [0.2, 0.25) is 5.91 Å². The molecule has 1 atom stereocenters. The van der Waals surface area contributed by atoms with E-state index < -0.39 is 23.2 Å². The molecule has 7 heteroatoms. The second kappa shape index (κ2) is 5.85. The van der Waals surface area contributed by atoms with Crippen molar-refractivity contribution >= 4 is 33.1 Å². The Morgan fingerprint density at radius 1 is 1.26 bits per heavy atom. The zero-order valence-electron chi connectivity index (χ0n) is 12.6. The molecule has 1 unspecified atom stereocenters. The standard InChI is InChI=1S/C16H15N3O3S/c1-9-8-12-14(23-9)18-16(22)19(15(12)21)10(2)13(20)17-11-6-4-3-5-7-11/h3-8,10H,1-2H3,(H,17,20)(H,18,22). The van der Waals surface area contributed by atoms with Gasteiger partial charge in [-0.1, -0.05) is 18.2 Å². The van der Waals surface area contributed by atoms with E-state index in [-0.39, 0.29) is 0 Å². The first kappa shape index (κ1) is 15.2. The lowest BCUT2D eigenvalue weighted by Crippen LogP contribution is -2.41. The molecular weight excluding hydrogens is 314 g/mol. The second-order valence-electron chi connectivity index (χ2n) is 5.24. The first-order valence-corrected chi connectivity index (χ1v) is 7.90. The van der Waals surface area contributed by atoms with Gasteiger partial charge in [-0.15, -0.1) is 11.3 Å².